The van der Waals surface area contributed by atoms with Crippen LogP contribution in [-0.4, -0.2) is 24.5 Å². The maximum atomic E-state index is 12.4. The van der Waals surface area contributed by atoms with E-state index in [-0.39, 0.29) is 18.3 Å². The largest absolute Gasteiger partial charge is 0.467 e. The molecule has 5 nitrogen and oxygen atoms in total. The van der Waals surface area contributed by atoms with E-state index in [9.17, 15) is 9.59 Å². The van der Waals surface area contributed by atoms with Crippen LogP contribution in [0.25, 0.3) is 0 Å². The Hall–Kier alpha value is -1.75. The fraction of sp³-hybridized carbons (Fsp3) is 0.467. The minimum atomic E-state index is -1.03. The van der Waals surface area contributed by atoms with Crippen LogP contribution in [0.3, 0.4) is 0 Å². The van der Waals surface area contributed by atoms with E-state index in [0.29, 0.717) is 17.7 Å². The van der Waals surface area contributed by atoms with E-state index in [4.69, 9.17) is 10.5 Å². The average molecular weight is 315 g/mol. The van der Waals surface area contributed by atoms with Crippen molar-refractivity contribution in [3.63, 3.8) is 0 Å². The number of amides is 1. The lowest BCUT2D eigenvalue weighted by molar-refractivity contribution is -0.147. The second-order valence-electron chi connectivity index (χ2n) is 5.10. The first-order valence-corrected chi connectivity index (χ1v) is 6.61. The summed E-state index contributed by atoms with van der Waals surface area (Å²) in [5, 5.41) is 2.76. The summed E-state index contributed by atoms with van der Waals surface area (Å²) in [6.45, 7) is 5.44. The highest BCUT2D eigenvalue weighted by Gasteiger charge is 2.35. The molecule has 1 atom stereocenters. The number of esters is 1. The Morgan fingerprint density at radius 2 is 2.00 bits per heavy atom. The molecule has 118 valence electrons. The number of halogens is 1. The van der Waals surface area contributed by atoms with Crippen LogP contribution in [0.15, 0.2) is 18.2 Å². The smallest absolute Gasteiger partial charge is 0.331 e. The van der Waals surface area contributed by atoms with Gasteiger partial charge in [-0.25, -0.2) is 4.79 Å². The summed E-state index contributed by atoms with van der Waals surface area (Å²) in [5.74, 6) is -0.773. The van der Waals surface area contributed by atoms with Gasteiger partial charge >= 0.3 is 5.97 Å². The maximum Gasteiger partial charge on any atom is 0.331 e. The number of rotatable bonds is 5. The fourth-order valence-corrected chi connectivity index (χ4v) is 2.14. The third kappa shape index (κ3) is 4.63. The Bertz CT molecular complexity index is 520. The Labute approximate surface area is 131 Å². The molecule has 0 bridgehead atoms. The highest BCUT2D eigenvalue weighted by Crippen LogP contribution is 2.18. The van der Waals surface area contributed by atoms with Crippen molar-refractivity contribution in [2.75, 3.05) is 12.8 Å². The summed E-state index contributed by atoms with van der Waals surface area (Å²) < 4.78 is 4.78. The second-order valence-corrected chi connectivity index (χ2v) is 5.10. The van der Waals surface area contributed by atoms with Crippen LogP contribution >= 0.6 is 12.4 Å². The van der Waals surface area contributed by atoms with Gasteiger partial charge in [0.15, 0.2) is 0 Å². The van der Waals surface area contributed by atoms with Crippen LogP contribution in [0.4, 0.5) is 5.69 Å². The van der Waals surface area contributed by atoms with Crippen molar-refractivity contribution < 1.29 is 14.3 Å². The van der Waals surface area contributed by atoms with Gasteiger partial charge in [-0.3, -0.25) is 4.79 Å². The van der Waals surface area contributed by atoms with Crippen LogP contribution in [0, 0.1) is 6.92 Å². The predicted octanol–water partition coefficient (Wildman–Crippen LogP) is 2.46. The highest BCUT2D eigenvalue weighted by atomic mass is 35.5. The summed E-state index contributed by atoms with van der Waals surface area (Å²) in [7, 11) is 1.31. The molecule has 0 aromatic heterocycles. The number of nitrogens with two attached hydrogens (primary N) is 1. The molecule has 21 heavy (non-hydrogen) atoms. The van der Waals surface area contributed by atoms with E-state index in [0.717, 1.165) is 12.0 Å². The molecule has 0 aliphatic heterocycles. The zero-order valence-corrected chi connectivity index (χ0v) is 13.7. The third-order valence-corrected chi connectivity index (χ3v) is 3.28. The zero-order chi connectivity index (χ0) is 15.3. The molecule has 0 saturated heterocycles. The average Bonchev–Trinajstić information content (AvgIpc) is 2.40. The van der Waals surface area contributed by atoms with Gasteiger partial charge in [0, 0.05) is 11.3 Å². The summed E-state index contributed by atoms with van der Waals surface area (Å²) in [5.41, 5.74) is 6.46. The van der Waals surface area contributed by atoms with E-state index in [1.807, 2.05) is 13.8 Å². The van der Waals surface area contributed by atoms with E-state index in [1.165, 1.54) is 7.11 Å². The molecule has 1 unspecified atom stereocenters. The molecule has 1 aromatic carbocycles. The van der Waals surface area contributed by atoms with Crippen LogP contribution in [0.2, 0.25) is 0 Å². The summed E-state index contributed by atoms with van der Waals surface area (Å²) in [4.78, 5) is 24.2. The maximum absolute atomic E-state index is 12.4. The van der Waals surface area contributed by atoms with E-state index in [1.54, 1.807) is 25.1 Å². The van der Waals surface area contributed by atoms with Crippen molar-refractivity contribution in [2.24, 2.45) is 0 Å². The van der Waals surface area contributed by atoms with Crippen molar-refractivity contribution in [3.8, 4) is 0 Å². The number of carbonyl (C=O) groups excluding carboxylic acids is 2. The van der Waals surface area contributed by atoms with Crippen molar-refractivity contribution >= 4 is 30.0 Å². The lowest BCUT2D eigenvalue weighted by Crippen LogP contribution is -2.52. The van der Waals surface area contributed by atoms with Gasteiger partial charge in [0.1, 0.15) is 5.54 Å². The van der Waals surface area contributed by atoms with Gasteiger partial charge in [-0.15, -0.1) is 12.4 Å². The fourth-order valence-electron chi connectivity index (χ4n) is 2.14. The number of anilines is 1. The van der Waals surface area contributed by atoms with Crippen LogP contribution in [0.5, 0.6) is 0 Å². The number of carbonyl (C=O) groups is 2. The van der Waals surface area contributed by atoms with Gasteiger partial charge in [-0.05, 0) is 38.0 Å². The number of hydrogen-bond donors (Lipinski definition) is 2. The van der Waals surface area contributed by atoms with Crippen molar-refractivity contribution in [1.29, 1.82) is 0 Å². The number of methoxy groups -OCH3 is 1. The lowest BCUT2D eigenvalue weighted by Gasteiger charge is -2.27. The van der Waals surface area contributed by atoms with E-state index in [2.05, 4.69) is 5.32 Å². The van der Waals surface area contributed by atoms with Gasteiger partial charge in [0.2, 0.25) is 0 Å². The monoisotopic (exact) mass is 314 g/mol. The number of ether oxygens (including phenoxy) is 1. The number of benzene rings is 1. The zero-order valence-electron chi connectivity index (χ0n) is 12.9. The van der Waals surface area contributed by atoms with Gasteiger partial charge in [-0.2, -0.15) is 0 Å². The Balaban J connectivity index is 0.00000400. The Morgan fingerprint density at radius 3 is 2.52 bits per heavy atom. The standard InChI is InChI=1S/C15H22N2O3.ClH/c1-5-8-15(3,14(19)20-4)17-13(18)12-9-11(16)7-6-10(12)2;/h6-7,9H,5,8,16H2,1-4H3,(H,17,18);1H. The first kappa shape index (κ1) is 19.2. The van der Waals surface area contributed by atoms with Crippen LogP contribution in [0.1, 0.15) is 42.6 Å². The molecule has 0 aliphatic carbocycles. The molecule has 0 fully saturated rings. The topological polar surface area (TPSA) is 81.4 Å². The highest BCUT2D eigenvalue weighted by molar-refractivity contribution is 5.99. The summed E-state index contributed by atoms with van der Waals surface area (Å²) in [6.07, 6.45) is 1.26. The van der Waals surface area contributed by atoms with Gasteiger partial charge in [0.25, 0.3) is 5.91 Å². The normalized spacial score (nSPS) is 12.8. The molecule has 1 rings (SSSR count). The Kier molecular flexibility index (Phi) is 7.22. The molecule has 1 amide bonds. The molecular weight excluding hydrogens is 292 g/mol. The molecule has 1 aromatic rings. The van der Waals surface area contributed by atoms with E-state index >= 15 is 0 Å². The lowest BCUT2D eigenvalue weighted by atomic mass is 9.95. The summed E-state index contributed by atoms with van der Waals surface area (Å²) in [6, 6.07) is 5.12. The minimum absolute atomic E-state index is 0. The van der Waals surface area contributed by atoms with Gasteiger partial charge in [-0.1, -0.05) is 19.4 Å². The first-order valence-electron chi connectivity index (χ1n) is 6.61. The quantitative estimate of drug-likeness (QED) is 0.646. The second kappa shape index (κ2) is 7.88. The molecule has 6 heteroatoms. The predicted molar refractivity (Wildman–Crippen MR) is 85.6 cm³/mol. The minimum Gasteiger partial charge on any atom is -0.467 e. The molecule has 0 radical (unpaired) electrons. The number of aryl methyl sites for hydroxylation is 1. The number of nitrogen functional groups attached to an aromatic ring is 1. The van der Waals surface area contributed by atoms with Crippen LogP contribution < -0.4 is 11.1 Å². The van der Waals surface area contributed by atoms with Crippen molar-refractivity contribution in [3.05, 3.63) is 29.3 Å². The van der Waals surface area contributed by atoms with Crippen LogP contribution in [-0.2, 0) is 9.53 Å². The molecule has 0 aliphatic rings. The van der Waals surface area contributed by atoms with Crippen molar-refractivity contribution in [2.45, 2.75) is 39.2 Å². The van der Waals surface area contributed by atoms with Crippen molar-refractivity contribution in [1.82, 2.24) is 5.32 Å². The third-order valence-electron chi connectivity index (χ3n) is 3.28. The molecule has 0 saturated carbocycles. The number of hydrogen-bond acceptors (Lipinski definition) is 4. The molecule has 0 heterocycles. The molecule has 3 N–H and O–H groups in total. The van der Waals surface area contributed by atoms with Gasteiger partial charge in [0.05, 0.1) is 7.11 Å². The Morgan fingerprint density at radius 1 is 1.38 bits per heavy atom. The molecule has 0 spiro atoms. The first-order chi connectivity index (χ1) is 9.34. The number of nitrogens with one attached hydrogen (secondary N) is 1. The van der Waals surface area contributed by atoms with E-state index < -0.39 is 11.5 Å². The SMILES string of the molecule is CCCC(C)(NC(=O)c1cc(N)ccc1C)C(=O)OC.Cl. The summed E-state index contributed by atoms with van der Waals surface area (Å²) >= 11 is 0. The van der Waals surface area contributed by atoms with Gasteiger partial charge < -0.3 is 15.8 Å². The molecular formula is C15H23ClN2O3.